The number of rotatable bonds is 35. The molecule has 3 nitrogen and oxygen atoms in total. The maximum atomic E-state index is 12.6. The lowest BCUT2D eigenvalue weighted by atomic mass is 10.0. The minimum atomic E-state index is 0.0172. The molecule has 0 aromatic rings. The van der Waals surface area contributed by atoms with Crippen molar-refractivity contribution in [3.8, 4) is 0 Å². The van der Waals surface area contributed by atoms with Gasteiger partial charge in [0.25, 0.3) is 0 Å². The Morgan fingerprint density at radius 1 is 0.489 bits per heavy atom. The van der Waals surface area contributed by atoms with Crippen molar-refractivity contribution in [3.05, 3.63) is 48.6 Å². The summed E-state index contributed by atoms with van der Waals surface area (Å²) in [5.74, 6) is 0.0172. The third-order valence-corrected chi connectivity index (χ3v) is 8.96. The molecule has 0 N–H and O–H groups in total. The van der Waals surface area contributed by atoms with Crippen molar-refractivity contribution in [2.24, 2.45) is 0 Å². The number of esters is 1. The monoisotopic (exact) mass is 657 g/mol. The second-order valence-corrected chi connectivity index (χ2v) is 15.0. The Kier molecular flexibility index (Phi) is 34.5. The topological polar surface area (TPSA) is 26.3 Å². The summed E-state index contributed by atoms with van der Waals surface area (Å²) in [6, 6.07) is 0. The van der Waals surface area contributed by atoms with E-state index in [2.05, 4.69) is 83.6 Å². The van der Waals surface area contributed by atoms with Crippen LogP contribution in [0.3, 0.4) is 0 Å². The van der Waals surface area contributed by atoms with Gasteiger partial charge in [-0.25, -0.2) is 0 Å². The van der Waals surface area contributed by atoms with Crippen LogP contribution in [0.5, 0.6) is 0 Å². The van der Waals surface area contributed by atoms with Gasteiger partial charge in [-0.1, -0.05) is 140 Å². The third-order valence-electron chi connectivity index (χ3n) is 8.96. The molecule has 0 heterocycles. The zero-order valence-electron chi connectivity index (χ0n) is 32.5. The molecule has 0 spiro atoms. The van der Waals surface area contributed by atoms with Crippen LogP contribution < -0.4 is 0 Å². The Bertz CT molecular complexity index is 724. The fourth-order valence-electron chi connectivity index (χ4n) is 5.93. The molecule has 0 fully saturated rings. The van der Waals surface area contributed by atoms with Crippen molar-refractivity contribution in [2.75, 3.05) is 27.7 Å². The molecular formula is C44H82NO2+. The van der Waals surface area contributed by atoms with Gasteiger partial charge in [-0.15, -0.1) is 0 Å². The van der Waals surface area contributed by atoms with Crippen LogP contribution in [0.15, 0.2) is 48.6 Å². The van der Waals surface area contributed by atoms with Crippen LogP contribution >= 0.6 is 0 Å². The van der Waals surface area contributed by atoms with Crippen LogP contribution in [0.4, 0.5) is 0 Å². The van der Waals surface area contributed by atoms with Crippen molar-refractivity contribution >= 4 is 5.97 Å². The normalized spacial score (nSPS) is 13.2. The Balaban J connectivity index is 4.09. The van der Waals surface area contributed by atoms with Gasteiger partial charge in [0.15, 0.2) is 0 Å². The first-order valence-electron chi connectivity index (χ1n) is 20.5. The number of ether oxygens (including phenoxy) is 1. The number of carbonyl (C=O) groups is 1. The van der Waals surface area contributed by atoms with Gasteiger partial charge in [0.2, 0.25) is 0 Å². The fourth-order valence-corrected chi connectivity index (χ4v) is 5.93. The summed E-state index contributed by atoms with van der Waals surface area (Å²) in [7, 11) is 6.56. The first-order chi connectivity index (χ1) is 22.9. The van der Waals surface area contributed by atoms with Gasteiger partial charge >= 0.3 is 5.97 Å². The maximum absolute atomic E-state index is 12.6. The van der Waals surface area contributed by atoms with Crippen molar-refractivity contribution in [1.29, 1.82) is 0 Å². The molecule has 0 amide bonds. The van der Waals surface area contributed by atoms with E-state index in [1.54, 1.807) is 0 Å². The molecule has 0 aromatic heterocycles. The van der Waals surface area contributed by atoms with E-state index in [0.29, 0.717) is 6.42 Å². The van der Waals surface area contributed by atoms with Crippen molar-refractivity contribution in [2.45, 2.75) is 200 Å². The molecule has 0 aliphatic heterocycles. The van der Waals surface area contributed by atoms with E-state index in [0.717, 1.165) is 43.1 Å². The molecule has 0 rings (SSSR count). The molecule has 0 saturated carbocycles. The maximum Gasteiger partial charge on any atom is 0.306 e. The lowest BCUT2D eigenvalue weighted by Crippen LogP contribution is -2.35. The number of hydrogen-bond acceptors (Lipinski definition) is 2. The molecule has 0 aromatic carbocycles. The molecule has 0 saturated heterocycles. The van der Waals surface area contributed by atoms with E-state index in [4.69, 9.17) is 4.74 Å². The molecular weight excluding hydrogens is 574 g/mol. The molecule has 0 aliphatic carbocycles. The van der Waals surface area contributed by atoms with Crippen LogP contribution in [-0.2, 0) is 9.53 Å². The highest BCUT2D eigenvalue weighted by atomic mass is 16.5. The predicted molar refractivity (Wildman–Crippen MR) is 210 cm³/mol. The van der Waals surface area contributed by atoms with E-state index >= 15 is 0 Å². The third kappa shape index (κ3) is 38.7. The Morgan fingerprint density at radius 3 is 1.23 bits per heavy atom. The molecule has 3 heteroatoms. The molecule has 47 heavy (non-hydrogen) atoms. The summed E-state index contributed by atoms with van der Waals surface area (Å²) in [5.41, 5.74) is 0. The molecule has 0 aliphatic rings. The number of hydrogen-bond donors (Lipinski definition) is 0. The van der Waals surface area contributed by atoms with Crippen LogP contribution in [0.2, 0.25) is 0 Å². The summed E-state index contributed by atoms with van der Waals surface area (Å²) >= 11 is 0. The van der Waals surface area contributed by atoms with Gasteiger partial charge in [0, 0.05) is 6.42 Å². The van der Waals surface area contributed by atoms with Crippen LogP contribution in [-0.4, -0.2) is 44.2 Å². The summed E-state index contributed by atoms with van der Waals surface area (Å²) in [6.45, 7) is 5.54. The molecule has 0 radical (unpaired) electrons. The van der Waals surface area contributed by atoms with Gasteiger partial charge in [-0.2, -0.15) is 0 Å². The van der Waals surface area contributed by atoms with Gasteiger partial charge in [-0.3, -0.25) is 4.79 Å². The van der Waals surface area contributed by atoms with E-state index < -0.39 is 0 Å². The summed E-state index contributed by atoms with van der Waals surface area (Å²) < 4.78 is 6.94. The summed E-state index contributed by atoms with van der Waals surface area (Å²) in [6.07, 6.45) is 52.8. The van der Waals surface area contributed by atoms with Crippen molar-refractivity contribution in [1.82, 2.24) is 0 Å². The van der Waals surface area contributed by atoms with Gasteiger partial charge in [-0.05, 0) is 89.9 Å². The Labute approximate surface area is 295 Å². The average molecular weight is 657 g/mol. The van der Waals surface area contributed by atoms with E-state index in [-0.39, 0.29) is 12.1 Å². The highest BCUT2D eigenvalue weighted by molar-refractivity contribution is 5.69. The number of carbonyl (C=O) groups excluding carboxylic acids is 1. The van der Waals surface area contributed by atoms with Gasteiger partial charge in [0.05, 0.1) is 34.1 Å². The van der Waals surface area contributed by atoms with Crippen LogP contribution in [0, 0.1) is 0 Å². The number of quaternary nitrogens is 1. The fraction of sp³-hybridized carbons (Fsp3) is 0.795. The zero-order valence-corrected chi connectivity index (χ0v) is 32.5. The number of allylic oxidation sites excluding steroid dienone is 8. The number of unbranched alkanes of at least 4 members (excludes halogenated alkanes) is 18. The lowest BCUT2D eigenvalue weighted by molar-refractivity contribution is -0.870. The molecule has 0 atom stereocenters. The summed E-state index contributed by atoms with van der Waals surface area (Å²) in [4.78, 5) is 12.6. The van der Waals surface area contributed by atoms with E-state index in [9.17, 15) is 4.79 Å². The van der Waals surface area contributed by atoms with E-state index in [1.807, 2.05) is 0 Å². The minimum absolute atomic E-state index is 0.0172. The molecule has 0 bridgehead atoms. The second kappa shape index (κ2) is 35.7. The second-order valence-electron chi connectivity index (χ2n) is 15.0. The SMILES string of the molecule is CCCCCC=CCC=CCCCCCCCCC(CCCCCCCCC=CCC=CCCCCC)OC(=O)CCC[N+](C)(C)C. The van der Waals surface area contributed by atoms with Crippen molar-refractivity contribution < 1.29 is 14.0 Å². The highest BCUT2D eigenvalue weighted by Gasteiger charge is 2.16. The first-order valence-corrected chi connectivity index (χ1v) is 20.5. The van der Waals surface area contributed by atoms with Gasteiger partial charge in [0.1, 0.15) is 6.10 Å². The van der Waals surface area contributed by atoms with Gasteiger partial charge < -0.3 is 9.22 Å². The first kappa shape index (κ1) is 45.4. The number of nitrogens with zero attached hydrogens (tertiary/aromatic N) is 1. The Morgan fingerprint density at radius 2 is 0.851 bits per heavy atom. The minimum Gasteiger partial charge on any atom is -0.462 e. The van der Waals surface area contributed by atoms with Crippen LogP contribution in [0.1, 0.15) is 194 Å². The quantitative estimate of drug-likeness (QED) is 0.0294. The average Bonchev–Trinajstić information content (AvgIpc) is 3.03. The van der Waals surface area contributed by atoms with E-state index in [1.165, 1.54) is 141 Å². The summed E-state index contributed by atoms with van der Waals surface area (Å²) in [5, 5.41) is 0. The zero-order chi connectivity index (χ0) is 34.5. The molecule has 274 valence electrons. The molecule has 0 unspecified atom stereocenters. The highest BCUT2D eigenvalue weighted by Crippen LogP contribution is 2.18. The largest absolute Gasteiger partial charge is 0.462 e. The predicted octanol–water partition coefficient (Wildman–Crippen LogP) is 13.8. The Hall–Kier alpha value is -1.61. The van der Waals surface area contributed by atoms with Crippen LogP contribution in [0.25, 0.3) is 0 Å². The lowest BCUT2D eigenvalue weighted by Gasteiger charge is -2.24. The van der Waals surface area contributed by atoms with Crippen molar-refractivity contribution in [3.63, 3.8) is 0 Å². The standard InChI is InChI=1S/C44H82NO2/c1-6-8-10-12-14-16-18-20-22-24-26-28-30-32-34-36-39-43(47-44(46)41-38-42-45(3,4)5)40-37-35-33-31-29-27-25-23-21-19-17-15-13-11-9-7-2/h14-17,20-23,43H,6-13,18-19,24-42H2,1-5H3/q+1. The smallest absolute Gasteiger partial charge is 0.306 e.